The van der Waals surface area contributed by atoms with E-state index in [4.69, 9.17) is 15.2 Å². The number of benzene rings is 2. The Hall–Kier alpha value is -3.62. The minimum Gasteiger partial charge on any atom is -0.492 e. The minimum atomic E-state index is -0.931. The SMILES string of the molecule is CCOc1ccccc1NC(=O)COC(=O)c1cc([N+](=O)[O-])ccc1N. The predicted molar refractivity (Wildman–Crippen MR) is 94.0 cm³/mol. The number of nitro benzene ring substituents is 1. The van der Waals surface area contributed by atoms with E-state index in [1.165, 1.54) is 12.1 Å². The molecule has 0 radical (unpaired) electrons. The van der Waals surface area contributed by atoms with Crippen LogP contribution in [0.4, 0.5) is 17.1 Å². The van der Waals surface area contributed by atoms with Gasteiger partial charge >= 0.3 is 5.97 Å². The Bertz CT molecular complexity index is 837. The van der Waals surface area contributed by atoms with Gasteiger partial charge in [0, 0.05) is 17.8 Å². The van der Waals surface area contributed by atoms with Crippen molar-refractivity contribution < 1.29 is 24.0 Å². The molecule has 2 aromatic rings. The molecular formula is C17H17N3O6. The molecule has 0 saturated carbocycles. The van der Waals surface area contributed by atoms with Crippen LogP contribution in [0.3, 0.4) is 0 Å². The first-order valence-electron chi connectivity index (χ1n) is 7.65. The summed E-state index contributed by atoms with van der Waals surface area (Å²) in [4.78, 5) is 34.1. The number of nitro groups is 1. The lowest BCUT2D eigenvalue weighted by Gasteiger charge is -2.11. The Kier molecular flexibility index (Phi) is 6.10. The van der Waals surface area contributed by atoms with Gasteiger partial charge in [-0.15, -0.1) is 0 Å². The molecule has 2 rings (SSSR count). The topological polar surface area (TPSA) is 134 Å². The van der Waals surface area contributed by atoms with Crippen LogP contribution < -0.4 is 15.8 Å². The first kappa shape index (κ1) is 18.7. The summed E-state index contributed by atoms with van der Waals surface area (Å²) in [7, 11) is 0. The van der Waals surface area contributed by atoms with Gasteiger partial charge < -0.3 is 20.5 Å². The highest BCUT2D eigenvalue weighted by molar-refractivity contribution is 5.99. The first-order valence-corrected chi connectivity index (χ1v) is 7.65. The standard InChI is InChI=1S/C17H17N3O6/c1-2-25-15-6-4-3-5-14(15)19-16(21)10-26-17(22)12-9-11(20(23)24)7-8-13(12)18/h3-9H,2,10,18H2,1H3,(H,19,21). The van der Waals surface area contributed by atoms with E-state index in [1.54, 1.807) is 24.3 Å². The molecule has 0 bridgehead atoms. The average Bonchev–Trinajstić information content (AvgIpc) is 2.61. The van der Waals surface area contributed by atoms with Crippen LogP contribution in [0.5, 0.6) is 5.75 Å². The van der Waals surface area contributed by atoms with Crippen molar-refractivity contribution in [2.45, 2.75) is 6.92 Å². The summed E-state index contributed by atoms with van der Waals surface area (Å²) in [6, 6.07) is 10.2. The van der Waals surface area contributed by atoms with Crippen LogP contribution in [0.1, 0.15) is 17.3 Å². The molecule has 0 aliphatic carbocycles. The lowest BCUT2D eigenvalue weighted by Crippen LogP contribution is -2.21. The van der Waals surface area contributed by atoms with Crippen LogP contribution in [0.15, 0.2) is 42.5 Å². The Balaban J connectivity index is 2.00. The van der Waals surface area contributed by atoms with Crippen LogP contribution in [-0.2, 0) is 9.53 Å². The zero-order valence-corrected chi connectivity index (χ0v) is 13.9. The van der Waals surface area contributed by atoms with E-state index < -0.39 is 23.4 Å². The lowest BCUT2D eigenvalue weighted by atomic mass is 10.1. The molecule has 0 aliphatic rings. The third-order valence-corrected chi connectivity index (χ3v) is 3.26. The molecular weight excluding hydrogens is 342 g/mol. The third kappa shape index (κ3) is 4.69. The summed E-state index contributed by atoms with van der Waals surface area (Å²) in [5.74, 6) is -1.04. The fourth-order valence-corrected chi connectivity index (χ4v) is 2.08. The number of nitrogens with two attached hydrogens (primary N) is 1. The molecule has 0 atom stereocenters. The fraction of sp³-hybridized carbons (Fsp3) is 0.176. The van der Waals surface area contributed by atoms with Crippen LogP contribution in [-0.4, -0.2) is 30.0 Å². The number of nitrogen functional groups attached to an aromatic ring is 1. The van der Waals surface area contributed by atoms with Gasteiger partial charge in [0.15, 0.2) is 6.61 Å². The van der Waals surface area contributed by atoms with Gasteiger partial charge in [-0.3, -0.25) is 14.9 Å². The van der Waals surface area contributed by atoms with E-state index in [-0.39, 0.29) is 16.9 Å². The Morgan fingerprint density at radius 3 is 2.65 bits per heavy atom. The van der Waals surface area contributed by atoms with Crippen molar-refractivity contribution in [3.8, 4) is 5.75 Å². The molecule has 0 spiro atoms. The van der Waals surface area contributed by atoms with Crippen molar-refractivity contribution in [1.29, 1.82) is 0 Å². The van der Waals surface area contributed by atoms with Gasteiger partial charge in [0.1, 0.15) is 5.75 Å². The van der Waals surface area contributed by atoms with Crippen molar-refractivity contribution in [3.05, 3.63) is 58.1 Å². The summed E-state index contributed by atoms with van der Waals surface area (Å²) in [6.07, 6.45) is 0. The summed E-state index contributed by atoms with van der Waals surface area (Å²) in [5, 5.41) is 13.3. The summed E-state index contributed by atoms with van der Waals surface area (Å²) >= 11 is 0. The number of esters is 1. The van der Waals surface area contributed by atoms with E-state index in [9.17, 15) is 19.7 Å². The number of carbonyl (C=O) groups is 2. The molecule has 0 aliphatic heterocycles. The number of nitrogens with zero attached hydrogens (tertiary/aromatic N) is 1. The molecule has 1 amide bonds. The zero-order valence-electron chi connectivity index (χ0n) is 13.9. The second kappa shape index (κ2) is 8.47. The highest BCUT2D eigenvalue weighted by Crippen LogP contribution is 2.24. The van der Waals surface area contributed by atoms with Gasteiger partial charge in [0.25, 0.3) is 11.6 Å². The number of ether oxygens (including phenoxy) is 2. The zero-order chi connectivity index (χ0) is 19.1. The summed E-state index contributed by atoms with van der Waals surface area (Å²) in [5.41, 5.74) is 5.60. The monoisotopic (exact) mass is 359 g/mol. The quantitative estimate of drug-likeness (QED) is 0.335. The number of non-ortho nitro benzene ring substituents is 1. The van der Waals surface area contributed by atoms with Crippen molar-refractivity contribution >= 4 is 28.9 Å². The van der Waals surface area contributed by atoms with Gasteiger partial charge in [-0.2, -0.15) is 0 Å². The number of amides is 1. The Labute approximate surface area is 148 Å². The van der Waals surface area contributed by atoms with Crippen molar-refractivity contribution in [3.63, 3.8) is 0 Å². The minimum absolute atomic E-state index is 0.0164. The molecule has 136 valence electrons. The first-order chi connectivity index (χ1) is 12.4. The van der Waals surface area contributed by atoms with Crippen LogP contribution in [0.2, 0.25) is 0 Å². The third-order valence-electron chi connectivity index (χ3n) is 3.26. The fourth-order valence-electron chi connectivity index (χ4n) is 2.08. The largest absolute Gasteiger partial charge is 0.492 e. The van der Waals surface area contributed by atoms with E-state index in [1.807, 2.05) is 6.92 Å². The van der Waals surface area contributed by atoms with Crippen molar-refractivity contribution in [2.75, 3.05) is 24.3 Å². The van der Waals surface area contributed by atoms with E-state index in [2.05, 4.69) is 5.32 Å². The maximum Gasteiger partial charge on any atom is 0.341 e. The Morgan fingerprint density at radius 1 is 1.23 bits per heavy atom. The molecule has 2 aromatic carbocycles. The molecule has 0 aromatic heterocycles. The molecule has 26 heavy (non-hydrogen) atoms. The molecule has 0 fully saturated rings. The maximum atomic E-state index is 12.0. The van der Waals surface area contributed by atoms with Gasteiger partial charge in [-0.1, -0.05) is 12.1 Å². The molecule has 9 heteroatoms. The van der Waals surface area contributed by atoms with Gasteiger partial charge in [0.05, 0.1) is 22.8 Å². The lowest BCUT2D eigenvalue weighted by molar-refractivity contribution is -0.384. The molecule has 9 nitrogen and oxygen atoms in total. The van der Waals surface area contributed by atoms with Gasteiger partial charge in [0.2, 0.25) is 0 Å². The maximum absolute atomic E-state index is 12.0. The molecule has 0 heterocycles. The summed E-state index contributed by atoms with van der Waals surface area (Å²) < 4.78 is 10.3. The highest BCUT2D eigenvalue weighted by Gasteiger charge is 2.18. The van der Waals surface area contributed by atoms with Gasteiger partial charge in [-0.25, -0.2) is 4.79 Å². The summed E-state index contributed by atoms with van der Waals surface area (Å²) in [6.45, 7) is 1.65. The van der Waals surface area contributed by atoms with Gasteiger partial charge in [-0.05, 0) is 25.1 Å². The van der Waals surface area contributed by atoms with Crippen LogP contribution in [0.25, 0.3) is 0 Å². The number of hydrogen-bond donors (Lipinski definition) is 2. The number of para-hydroxylation sites is 2. The van der Waals surface area contributed by atoms with E-state index in [0.29, 0.717) is 18.0 Å². The van der Waals surface area contributed by atoms with E-state index >= 15 is 0 Å². The molecule has 0 unspecified atom stereocenters. The smallest absolute Gasteiger partial charge is 0.341 e. The van der Waals surface area contributed by atoms with Crippen LogP contribution >= 0.6 is 0 Å². The number of rotatable bonds is 7. The second-order valence-electron chi connectivity index (χ2n) is 5.08. The number of carbonyl (C=O) groups excluding carboxylic acids is 2. The highest BCUT2D eigenvalue weighted by atomic mass is 16.6. The second-order valence-corrected chi connectivity index (χ2v) is 5.08. The van der Waals surface area contributed by atoms with Crippen LogP contribution in [0, 0.1) is 10.1 Å². The van der Waals surface area contributed by atoms with Crippen molar-refractivity contribution in [1.82, 2.24) is 0 Å². The number of anilines is 2. The Morgan fingerprint density at radius 2 is 1.96 bits per heavy atom. The predicted octanol–water partition coefficient (Wildman–Crippen LogP) is 2.37. The number of nitrogens with one attached hydrogen (secondary N) is 1. The normalized spacial score (nSPS) is 10.0. The van der Waals surface area contributed by atoms with E-state index in [0.717, 1.165) is 6.07 Å². The number of hydrogen-bond acceptors (Lipinski definition) is 7. The molecule has 0 saturated heterocycles. The van der Waals surface area contributed by atoms with Crippen molar-refractivity contribution in [2.24, 2.45) is 0 Å². The molecule has 3 N–H and O–H groups in total. The average molecular weight is 359 g/mol.